The Morgan fingerprint density at radius 1 is 0.967 bits per heavy atom. The van der Waals surface area contributed by atoms with Crippen LogP contribution in [0.15, 0.2) is 30.4 Å². The van der Waals surface area contributed by atoms with E-state index in [0.717, 1.165) is 58.0 Å². The van der Waals surface area contributed by atoms with E-state index in [1.807, 2.05) is 28.0 Å². The van der Waals surface area contributed by atoms with Gasteiger partial charge in [-0.05, 0) is 44.2 Å². The number of benzene rings is 1. The molecule has 2 fully saturated rings. The van der Waals surface area contributed by atoms with Gasteiger partial charge in [-0.1, -0.05) is 12.2 Å². The van der Waals surface area contributed by atoms with E-state index in [1.54, 1.807) is 7.11 Å². The highest BCUT2D eigenvalue weighted by Gasteiger charge is 2.30. The molecule has 0 saturated carbocycles. The largest absolute Gasteiger partial charge is 0.497 e. The van der Waals surface area contributed by atoms with Crippen LogP contribution in [0.3, 0.4) is 0 Å². The molecule has 0 aromatic heterocycles. The first-order chi connectivity index (χ1) is 14.7. The van der Waals surface area contributed by atoms with Gasteiger partial charge in [-0.25, -0.2) is 0 Å². The topological polar surface area (TPSA) is 59.1 Å². The number of likely N-dealkylation sites (tertiary alicyclic amines) is 2. The Labute approximate surface area is 178 Å². The zero-order valence-corrected chi connectivity index (χ0v) is 17.8. The average molecular weight is 413 g/mol. The molecule has 2 amide bonds. The van der Waals surface area contributed by atoms with Crippen molar-refractivity contribution in [3.05, 3.63) is 35.9 Å². The Morgan fingerprint density at radius 2 is 1.73 bits per heavy atom. The number of methoxy groups -OCH3 is 1. The highest BCUT2D eigenvalue weighted by atomic mass is 16.5. The first-order valence-corrected chi connectivity index (χ1v) is 11.2. The monoisotopic (exact) mass is 412 g/mol. The van der Waals surface area contributed by atoms with Gasteiger partial charge in [-0.15, -0.1) is 0 Å². The molecule has 1 aromatic carbocycles. The molecular formula is C24H32N2O4. The van der Waals surface area contributed by atoms with Crippen molar-refractivity contribution < 1.29 is 19.1 Å². The molecule has 2 heterocycles. The van der Waals surface area contributed by atoms with Crippen molar-refractivity contribution in [2.75, 3.05) is 33.3 Å². The predicted octanol–water partition coefficient (Wildman–Crippen LogP) is 3.66. The van der Waals surface area contributed by atoms with Gasteiger partial charge in [0.1, 0.15) is 17.6 Å². The number of hydrogen-bond acceptors (Lipinski definition) is 4. The van der Waals surface area contributed by atoms with E-state index < -0.39 is 0 Å². The van der Waals surface area contributed by atoms with Crippen LogP contribution in [0.5, 0.6) is 11.5 Å². The zero-order chi connectivity index (χ0) is 20.9. The fraction of sp³-hybridized carbons (Fsp3) is 0.583. The third-order valence-corrected chi connectivity index (χ3v) is 6.48. The summed E-state index contributed by atoms with van der Waals surface area (Å²) in [6.45, 7) is 3.04. The van der Waals surface area contributed by atoms with E-state index >= 15 is 0 Å². The summed E-state index contributed by atoms with van der Waals surface area (Å²) >= 11 is 0. The Bertz CT molecular complexity index is 792. The van der Waals surface area contributed by atoms with E-state index in [-0.39, 0.29) is 23.8 Å². The molecular weight excluding hydrogens is 380 g/mol. The summed E-state index contributed by atoms with van der Waals surface area (Å²) in [4.78, 5) is 29.6. The molecule has 6 nitrogen and oxygen atoms in total. The van der Waals surface area contributed by atoms with E-state index in [2.05, 4.69) is 12.2 Å². The summed E-state index contributed by atoms with van der Waals surface area (Å²) in [7, 11) is 1.62. The molecule has 1 atom stereocenters. The molecule has 162 valence electrons. The number of carbonyl (C=O) groups excluding carboxylic acids is 2. The van der Waals surface area contributed by atoms with Crippen LogP contribution < -0.4 is 9.47 Å². The number of hydrogen-bond donors (Lipinski definition) is 0. The van der Waals surface area contributed by atoms with E-state index in [9.17, 15) is 9.59 Å². The summed E-state index contributed by atoms with van der Waals surface area (Å²) < 4.78 is 11.7. The maximum absolute atomic E-state index is 13.0. The van der Waals surface area contributed by atoms with Crippen molar-refractivity contribution >= 4 is 11.8 Å². The quantitative estimate of drug-likeness (QED) is 0.693. The lowest BCUT2D eigenvalue weighted by Gasteiger charge is -2.35. The van der Waals surface area contributed by atoms with Gasteiger partial charge in [0.05, 0.1) is 12.7 Å². The summed E-state index contributed by atoms with van der Waals surface area (Å²) in [5.41, 5.74) is 0.602. The van der Waals surface area contributed by atoms with Gasteiger partial charge in [0, 0.05) is 51.0 Å². The number of ether oxygens (including phenoxy) is 2. The average Bonchev–Trinajstić information content (AvgIpc) is 3.34. The molecule has 2 saturated heterocycles. The van der Waals surface area contributed by atoms with E-state index in [1.165, 1.54) is 0 Å². The van der Waals surface area contributed by atoms with Crippen LogP contribution in [-0.4, -0.2) is 61.0 Å². The van der Waals surface area contributed by atoms with Gasteiger partial charge in [0.25, 0.3) is 5.91 Å². The van der Waals surface area contributed by atoms with Crippen LogP contribution in [0.1, 0.15) is 55.3 Å². The zero-order valence-electron chi connectivity index (χ0n) is 17.8. The summed E-state index contributed by atoms with van der Waals surface area (Å²) in [6.07, 6.45) is 10.8. The second kappa shape index (κ2) is 9.54. The Kier molecular flexibility index (Phi) is 6.60. The molecule has 0 radical (unpaired) electrons. The first-order valence-electron chi connectivity index (χ1n) is 11.2. The molecule has 0 spiro atoms. The van der Waals surface area contributed by atoms with Crippen molar-refractivity contribution in [3.63, 3.8) is 0 Å². The minimum atomic E-state index is -0.00228. The molecule has 3 aliphatic rings. The minimum absolute atomic E-state index is 0.00228. The van der Waals surface area contributed by atoms with Gasteiger partial charge >= 0.3 is 0 Å². The van der Waals surface area contributed by atoms with Gasteiger partial charge in [0.15, 0.2) is 0 Å². The van der Waals surface area contributed by atoms with Gasteiger partial charge in [-0.3, -0.25) is 9.59 Å². The van der Waals surface area contributed by atoms with Crippen LogP contribution in [0.25, 0.3) is 0 Å². The van der Waals surface area contributed by atoms with Crippen molar-refractivity contribution in [2.24, 2.45) is 5.92 Å². The number of carbonyl (C=O) groups is 2. The Balaban J connectivity index is 1.40. The standard InChI is InChI=1S/C24H32N2O4/c1-29-20-9-10-21(24(28)25-13-5-6-14-25)22(17-20)30-19-11-15-26(16-12-19)23(27)18-7-3-2-4-8-18/h2-3,9-10,17-19H,4-8,11-16H2,1H3/t18-/m1/s1. The number of nitrogens with zero attached hydrogens (tertiary/aromatic N) is 2. The highest BCUT2D eigenvalue weighted by Crippen LogP contribution is 2.30. The van der Waals surface area contributed by atoms with Crippen LogP contribution in [-0.2, 0) is 4.79 Å². The van der Waals surface area contributed by atoms with Crippen LogP contribution in [0.2, 0.25) is 0 Å². The second-order valence-corrected chi connectivity index (χ2v) is 8.49. The molecule has 2 aliphatic heterocycles. The van der Waals surface area contributed by atoms with Crippen molar-refractivity contribution in [2.45, 2.75) is 51.0 Å². The summed E-state index contributed by atoms with van der Waals surface area (Å²) in [5.74, 6) is 1.72. The lowest BCUT2D eigenvalue weighted by atomic mass is 9.92. The summed E-state index contributed by atoms with van der Waals surface area (Å²) in [6, 6.07) is 5.44. The third kappa shape index (κ3) is 4.63. The number of amides is 2. The molecule has 0 bridgehead atoms. The second-order valence-electron chi connectivity index (χ2n) is 8.49. The van der Waals surface area contributed by atoms with Crippen molar-refractivity contribution in [1.29, 1.82) is 0 Å². The van der Waals surface area contributed by atoms with E-state index in [4.69, 9.17) is 9.47 Å². The molecule has 1 aromatic rings. The van der Waals surface area contributed by atoms with Gasteiger partial charge in [0.2, 0.25) is 5.91 Å². The fourth-order valence-electron chi connectivity index (χ4n) is 4.64. The molecule has 0 unspecified atom stereocenters. The van der Waals surface area contributed by atoms with Crippen LogP contribution >= 0.6 is 0 Å². The lowest BCUT2D eigenvalue weighted by molar-refractivity contribution is -0.137. The van der Waals surface area contributed by atoms with Crippen molar-refractivity contribution in [1.82, 2.24) is 9.80 Å². The molecule has 6 heteroatoms. The number of piperidine rings is 1. The van der Waals surface area contributed by atoms with Gasteiger partial charge in [-0.2, -0.15) is 0 Å². The SMILES string of the molecule is COc1ccc(C(=O)N2CCCC2)c(OC2CCN(C(=O)[C@@H]3CC=CCC3)CC2)c1. The molecule has 0 N–H and O–H groups in total. The van der Waals surface area contributed by atoms with Crippen LogP contribution in [0.4, 0.5) is 0 Å². The normalized spacial score (nSPS) is 22.2. The Hall–Kier alpha value is -2.50. The molecule has 1 aliphatic carbocycles. The van der Waals surface area contributed by atoms with Crippen molar-refractivity contribution in [3.8, 4) is 11.5 Å². The molecule has 4 rings (SSSR count). The smallest absolute Gasteiger partial charge is 0.257 e. The van der Waals surface area contributed by atoms with Gasteiger partial charge < -0.3 is 19.3 Å². The summed E-state index contributed by atoms with van der Waals surface area (Å²) in [5, 5.41) is 0. The number of rotatable bonds is 5. The highest BCUT2D eigenvalue weighted by molar-refractivity contribution is 5.97. The fourth-order valence-corrected chi connectivity index (χ4v) is 4.64. The molecule has 30 heavy (non-hydrogen) atoms. The predicted molar refractivity (Wildman–Crippen MR) is 115 cm³/mol. The number of allylic oxidation sites excluding steroid dienone is 2. The first kappa shape index (κ1) is 20.8. The van der Waals surface area contributed by atoms with E-state index in [0.29, 0.717) is 30.2 Å². The third-order valence-electron chi connectivity index (χ3n) is 6.48. The maximum atomic E-state index is 13.0. The Morgan fingerprint density at radius 3 is 2.40 bits per heavy atom. The lowest BCUT2D eigenvalue weighted by Crippen LogP contribution is -2.44. The maximum Gasteiger partial charge on any atom is 0.257 e. The minimum Gasteiger partial charge on any atom is -0.497 e. The van der Waals surface area contributed by atoms with Crippen LogP contribution in [0, 0.1) is 5.92 Å².